The Morgan fingerprint density at radius 3 is 2.81 bits per heavy atom. The van der Waals surface area contributed by atoms with Gasteiger partial charge in [0.2, 0.25) is 0 Å². The molecule has 4 rings (SSSR count). The van der Waals surface area contributed by atoms with Crippen LogP contribution in [0.4, 0.5) is 0 Å². The summed E-state index contributed by atoms with van der Waals surface area (Å²) in [6.07, 6.45) is 7.09. The van der Waals surface area contributed by atoms with Crippen LogP contribution in [0.3, 0.4) is 0 Å². The summed E-state index contributed by atoms with van der Waals surface area (Å²) in [5, 5.41) is 3.41. The Morgan fingerprint density at radius 2 is 2.00 bits per heavy atom. The fraction of sp³-hybridized carbons (Fsp3) is 0.500. The fourth-order valence-corrected chi connectivity index (χ4v) is 3.94. The van der Waals surface area contributed by atoms with Gasteiger partial charge in [0.05, 0.1) is 16.5 Å². The molecule has 2 aliphatic rings. The van der Waals surface area contributed by atoms with Crippen molar-refractivity contribution in [2.24, 2.45) is 0 Å². The van der Waals surface area contributed by atoms with Gasteiger partial charge >= 0.3 is 5.97 Å². The van der Waals surface area contributed by atoms with Crippen molar-refractivity contribution in [3.63, 3.8) is 0 Å². The molecule has 27 heavy (non-hydrogen) atoms. The molecule has 2 aromatic rings. The van der Waals surface area contributed by atoms with E-state index in [0.29, 0.717) is 23.0 Å². The van der Waals surface area contributed by atoms with Gasteiger partial charge in [-0.25, -0.2) is 9.78 Å². The number of aromatic nitrogens is 2. The zero-order chi connectivity index (χ0) is 18.8. The molecular weight excluding hydrogens is 346 g/mol. The number of nitrogens with one attached hydrogen (secondary N) is 1. The van der Waals surface area contributed by atoms with Gasteiger partial charge in [0.1, 0.15) is 5.82 Å². The van der Waals surface area contributed by atoms with E-state index in [1.165, 1.54) is 6.42 Å². The summed E-state index contributed by atoms with van der Waals surface area (Å²) in [6, 6.07) is 4.91. The summed E-state index contributed by atoms with van der Waals surface area (Å²) in [5.41, 5.74) is 0.719. The summed E-state index contributed by atoms with van der Waals surface area (Å²) in [6.45, 7) is 0.394. The topological polar surface area (TPSA) is 90.3 Å². The highest BCUT2D eigenvalue weighted by atomic mass is 16.5. The molecule has 142 valence electrons. The molecule has 0 bridgehead atoms. The molecule has 1 aliphatic heterocycles. The molecule has 0 saturated heterocycles. The highest BCUT2D eigenvalue weighted by Crippen LogP contribution is 2.18. The zero-order valence-corrected chi connectivity index (χ0v) is 15.2. The lowest BCUT2D eigenvalue weighted by Gasteiger charge is -2.22. The number of carbonyl (C=O) groups excluding carboxylic acids is 2. The van der Waals surface area contributed by atoms with Crippen LogP contribution in [0.5, 0.6) is 0 Å². The Balaban J connectivity index is 1.42. The lowest BCUT2D eigenvalue weighted by Crippen LogP contribution is -2.38. The molecule has 1 N–H and O–H groups in total. The van der Waals surface area contributed by atoms with Crippen molar-refractivity contribution in [3.8, 4) is 0 Å². The maximum atomic E-state index is 12.5. The minimum absolute atomic E-state index is 0.0701. The minimum Gasteiger partial charge on any atom is -0.452 e. The third-order valence-electron chi connectivity index (χ3n) is 5.36. The number of esters is 1. The van der Waals surface area contributed by atoms with E-state index in [9.17, 15) is 14.4 Å². The summed E-state index contributed by atoms with van der Waals surface area (Å²) >= 11 is 0. The normalized spacial score (nSPS) is 16.9. The van der Waals surface area contributed by atoms with Crippen LogP contribution in [0.25, 0.3) is 10.9 Å². The van der Waals surface area contributed by atoms with E-state index >= 15 is 0 Å². The van der Waals surface area contributed by atoms with Gasteiger partial charge in [-0.3, -0.25) is 14.2 Å². The van der Waals surface area contributed by atoms with E-state index in [1.54, 1.807) is 22.8 Å². The van der Waals surface area contributed by atoms with E-state index in [1.807, 2.05) is 0 Å². The van der Waals surface area contributed by atoms with Gasteiger partial charge in [0.25, 0.3) is 11.5 Å². The first-order valence-electron chi connectivity index (χ1n) is 9.62. The number of carbonyl (C=O) groups is 2. The Morgan fingerprint density at radius 1 is 1.19 bits per heavy atom. The Labute approximate surface area is 156 Å². The standard InChI is InChI=1S/C20H23N3O4/c24-18(21-14-5-2-1-3-6-14)12-27-20(26)13-8-9-15-16(11-13)22-17-7-4-10-23(17)19(15)25/h8-9,11,14H,1-7,10,12H2,(H,21,24). The fourth-order valence-electron chi connectivity index (χ4n) is 3.94. The number of rotatable bonds is 4. The van der Waals surface area contributed by atoms with Crippen LogP contribution >= 0.6 is 0 Å². The van der Waals surface area contributed by atoms with Crippen molar-refractivity contribution in [2.75, 3.05) is 6.61 Å². The van der Waals surface area contributed by atoms with Crippen LogP contribution in [0.2, 0.25) is 0 Å². The number of fused-ring (bicyclic) bond motifs is 2. The molecule has 0 spiro atoms. The van der Waals surface area contributed by atoms with E-state index in [4.69, 9.17) is 4.74 Å². The second-order valence-electron chi connectivity index (χ2n) is 7.30. The predicted octanol–water partition coefficient (Wildman–Crippen LogP) is 1.95. The lowest BCUT2D eigenvalue weighted by molar-refractivity contribution is -0.125. The zero-order valence-electron chi connectivity index (χ0n) is 15.2. The highest BCUT2D eigenvalue weighted by molar-refractivity contribution is 5.95. The van der Waals surface area contributed by atoms with Crippen molar-refractivity contribution in [2.45, 2.75) is 57.5 Å². The van der Waals surface area contributed by atoms with Crippen LogP contribution in [-0.4, -0.2) is 34.1 Å². The van der Waals surface area contributed by atoms with Gasteiger partial charge in [-0.15, -0.1) is 0 Å². The number of hydrogen-bond acceptors (Lipinski definition) is 5. The quantitative estimate of drug-likeness (QED) is 0.832. The van der Waals surface area contributed by atoms with Gasteiger partial charge in [-0.05, 0) is 37.5 Å². The number of hydrogen-bond donors (Lipinski definition) is 1. The molecule has 1 aromatic carbocycles. The Bertz CT molecular complexity index is 944. The second kappa shape index (κ2) is 7.50. The van der Waals surface area contributed by atoms with Crippen LogP contribution in [-0.2, 0) is 22.5 Å². The number of benzene rings is 1. The van der Waals surface area contributed by atoms with Gasteiger partial charge in [-0.2, -0.15) is 0 Å². The summed E-state index contributed by atoms with van der Waals surface area (Å²) in [4.78, 5) is 41.2. The molecular formula is C20H23N3O4. The number of nitrogens with zero attached hydrogens (tertiary/aromatic N) is 2. The second-order valence-corrected chi connectivity index (χ2v) is 7.30. The molecule has 1 saturated carbocycles. The Kier molecular flexibility index (Phi) is 4.92. The summed E-state index contributed by atoms with van der Waals surface area (Å²) in [5.74, 6) is -0.104. The first-order chi connectivity index (χ1) is 13.1. The van der Waals surface area contributed by atoms with E-state index < -0.39 is 5.97 Å². The van der Waals surface area contributed by atoms with E-state index in [2.05, 4.69) is 10.3 Å². The molecule has 1 aliphatic carbocycles. The third-order valence-corrected chi connectivity index (χ3v) is 5.36. The van der Waals surface area contributed by atoms with Crippen molar-refractivity contribution in [1.29, 1.82) is 0 Å². The first kappa shape index (κ1) is 17.7. The smallest absolute Gasteiger partial charge is 0.338 e. The first-order valence-corrected chi connectivity index (χ1v) is 9.62. The molecule has 1 aromatic heterocycles. The molecule has 1 fully saturated rings. The SMILES string of the molecule is O=C(COC(=O)c1ccc2c(=O)n3c(nc2c1)CCC3)NC1CCCCC1. The van der Waals surface area contributed by atoms with Crippen molar-refractivity contribution >= 4 is 22.8 Å². The van der Waals surface area contributed by atoms with Gasteiger partial charge in [-0.1, -0.05) is 19.3 Å². The van der Waals surface area contributed by atoms with Crippen molar-refractivity contribution in [1.82, 2.24) is 14.9 Å². The maximum absolute atomic E-state index is 12.5. The average Bonchev–Trinajstić information content (AvgIpc) is 3.15. The average molecular weight is 369 g/mol. The molecule has 7 nitrogen and oxygen atoms in total. The lowest BCUT2D eigenvalue weighted by atomic mass is 9.95. The Hall–Kier alpha value is -2.70. The van der Waals surface area contributed by atoms with Gasteiger partial charge in [0, 0.05) is 19.0 Å². The van der Waals surface area contributed by atoms with Crippen molar-refractivity contribution < 1.29 is 14.3 Å². The molecule has 2 heterocycles. The van der Waals surface area contributed by atoms with Crippen molar-refractivity contribution in [3.05, 3.63) is 39.9 Å². The van der Waals surface area contributed by atoms with E-state index in [0.717, 1.165) is 44.3 Å². The van der Waals surface area contributed by atoms with Crippen LogP contribution in [0.15, 0.2) is 23.0 Å². The third kappa shape index (κ3) is 3.72. The number of amides is 1. The van der Waals surface area contributed by atoms with Crippen LogP contribution < -0.4 is 10.9 Å². The van der Waals surface area contributed by atoms with Crippen LogP contribution in [0, 0.1) is 0 Å². The van der Waals surface area contributed by atoms with Crippen LogP contribution in [0.1, 0.15) is 54.7 Å². The monoisotopic (exact) mass is 369 g/mol. The van der Waals surface area contributed by atoms with Gasteiger partial charge < -0.3 is 10.1 Å². The molecule has 7 heteroatoms. The van der Waals surface area contributed by atoms with Gasteiger partial charge in [0.15, 0.2) is 6.61 Å². The number of aryl methyl sites for hydroxylation is 1. The molecule has 0 unspecified atom stereocenters. The van der Waals surface area contributed by atoms with E-state index in [-0.39, 0.29) is 24.1 Å². The molecule has 1 amide bonds. The molecule has 0 atom stereocenters. The summed E-state index contributed by atoms with van der Waals surface area (Å²) < 4.78 is 6.83. The maximum Gasteiger partial charge on any atom is 0.338 e. The highest BCUT2D eigenvalue weighted by Gasteiger charge is 2.19. The number of ether oxygens (including phenoxy) is 1. The largest absolute Gasteiger partial charge is 0.452 e. The predicted molar refractivity (Wildman–Crippen MR) is 99.6 cm³/mol. The minimum atomic E-state index is -0.585. The molecule has 0 radical (unpaired) electrons. The summed E-state index contributed by atoms with van der Waals surface area (Å²) in [7, 11) is 0.